The monoisotopic (exact) mass is 282 g/mol. The number of aromatic nitrogens is 5. The molecule has 0 saturated carbocycles. The van der Waals surface area contributed by atoms with Gasteiger partial charge in [-0.15, -0.1) is 0 Å². The molecule has 0 unspecified atom stereocenters. The van der Waals surface area contributed by atoms with E-state index in [-0.39, 0.29) is 0 Å². The van der Waals surface area contributed by atoms with Crippen molar-refractivity contribution in [2.24, 2.45) is 0 Å². The van der Waals surface area contributed by atoms with E-state index in [1.54, 1.807) is 36.4 Å². The van der Waals surface area contributed by atoms with Crippen LogP contribution in [0.4, 0.5) is 5.82 Å². The zero-order chi connectivity index (χ0) is 14.8. The Hall–Kier alpha value is -3.16. The second-order valence-corrected chi connectivity index (χ2v) is 4.35. The number of aromatic amines is 1. The third-order valence-electron chi connectivity index (χ3n) is 3.07. The highest BCUT2D eigenvalue weighted by Crippen LogP contribution is 2.27. The highest BCUT2D eigenvalue weighted by atomic mass is 15.2. The Morgan fingerprint density at radius 1 is 1.52 bits per heavy atom. The minimum atomic E-state index is 0.372. The quantitative estimate of drug-likeness (QED) is 0.530. The normalized spacial score (nSPS) is 11.8. The molecule has 3 rings (SSSR count). The van der Waals surface area contributed by atoms with Crippen LogP contribution < -0.4 is 11.1 Å². The number of hydrogen-bond acceptors (Lipinski definition) is 6. The smallest absolute Gasteiger partial charge is 0.154 e. The van der Waals surface area contributed by atoms with Gasteiger partial charge in [0.25, 0.3) is 0 Å². The Labute approximate surface area is 120 Å². The first-order valence-electron chi connectivity index (χ1n) is 6.27. The minimum absolute atomic E-state index is 0.372. The molecule has 0 aliphatic rings. The van der Waals surface area contributed by atoms with Crippen LogP contribution in [0.5, 0.6) is 0 Å². The lowest BCUT2D eigenvalue weighted by molar-refractivity contribution is 0.942. The summed E-state index contributed by atoms with van der Waals surface area (Å²) in [6, 6.07) is 1.85. The SMILES string of the molecule is CN/C=C(\C=N)c1cn2nccc2c(-c2c[nH]nc2N)n1. The summed E-state index contributed by atoms with van der Waals surface area (Å²) >= 11 is 0. The fraction of sp³-hybridized carbons (Fsp3) is 0.0769. The zero-order valence-electron chi connectivity index (χ0n) is 11.3. The van der Waals surface area contributed by atoms with Crippen LogP contribution in [-0.2, 0) is 0 Å². The van der Waals surface area contributed by atoms with Crippen LogP contribution >= 0.6 is 0 Å². The Kier molecular flexibility index (Phi) is 3.11. The van der Waals surface area contributed by atoms with Crippen molar-refractivity contribution in [1.82, 2.24) is 30.1 Å². The van der Waals surface area contributed by atoms with E-state index in [1.807, 2.05) is 6.07 Å². The fourth-order valence-corrected chi connectivity index (χ4v) is 2.10. The maximum absolute atomic E-state index is 7.51. The summed E-state index contributed by atoms with van der Waals surface area (Å²) in [5.41, 5.74) is 9.31. The van der Waals surface area contributed by atoms with Crippen LogP contribution in [0.1, 0.15) is 5.69 Å². The maximum atomic E-state index is 7.51. The highest BCUT2D eigenvalue weighted by Gasteiger charge is 2.14. The van der Waals surface area contributed by atoms with Gasteiger partial charge in [0.05, 0.1) is 29.2 Å². The standard InChI is InChI=1S/C13H14N8/c1-16-5-8(4-14)10-7-21-11(2-3-18-21)12(19-10)9-6-17-20-13(9)15/h2-7,14,16H,1H3,(H3,15,17,20)/b8-5+,14-4?. The maximum Gasteiger partial charge on any atom is 0.154 e. The van der Waals surface area contributed by atoms with E-state index in [4.69, 9.17) is 11.1 Å². The second kappa shape index (κ2) is 5.08. The third-order valence-corrected chi connectivity index (χ3v) is 3.07. The van der Waals surface area contributed by atoms with Gasteiger partial charge < -0.3 is 16.5 Å². The number of nitrogen functional groups attached to an aromatic ring is 1. The average Bonchev–Trinajstić information content (AvgIpc) is 3.12. The highest BCUT2D eigenvalue weighted by molar-refractivity contribution is 6.07. The molecule has 0 bridgehead atoms. The molecule has 0 aromatic carbocycles. The van der Waals surface area contributed by atoms with Gasteiger partial charge in [0, 0.05) is 31.2 Å². The van der Waals surface area contributed by atoms with E-state index in [9.17, 15) is 0 Å². The molecule has 0 aliphatic carbocycles. The predicted molar refractivity (Wildman–Crippen MR) is 80.8 cm³/mol. The number of rotatable bonds is 4. The van der Waals surface area contributed by atoms with Gasteiger partial charge in [-0.25, -0.2) is 9.50 Å². The lowest BCUT2D eigenvalue weighted by atomic mass is 10.1. The van der Waals surface area contributed by atoms with E-state index in [2.05, 4.69) is 25.6 Å². The van der Waals surface area contributed by atoms with Crippen LogP contribution in [0.2, 0.25) is 0 Å². The predicted octanol–water partition coefficient (Wildman–Crippen LogP) is 0.911. The summed E-state index contributed by atoms with van der Waals surface area (Å²) in [4.78, 5) is 4.61. The van der Waals surface area contributed by atoms with Gasteiger partial charge in [-0.1, -0.05) is 0 Å². The van der Waals surface area contributed by atoms with Crippen molar-refractivity contribution in [3.05, 3.63) is 36.6 Å². The van der Waals surface area contributed by atoms with Crippen LogP contribution in [0, 0.1) is 5.41 Å². The average molecular weight is 282 g/mol. The summed E-state index contributed by atoms with van der Waals surface area (Å²) in [6.07, 6.45) is 8.08. The van der Waals surface area contributed by atoms with Gasteiger partial charge in [0.15, 0.2) is 5.82 Å². The fourth-order valence-electron chi connectivity index (χ4n) is 2.10. The Morgan fingerprint density at radius 3 is 3.05 bits per heavy atom. The van der Waals surface area contributed by atoms with Gasteiger partial charge in [-0.3, -0.25) is 5.10 Å². The number of nitrogens with zero attached hydrogens (tertiary/aromatic N) is 4. The number of hydrogen-bond donors (Lipinski definition) is 4. The molecule has 0 fully saturated rings. The number of H-pyrrole nitrogens is 1. The van der Waals surface area contributed by atoms with Crippen molar-refractivity contribution in [3.8, 4) is 11.3 Å². The van der Waals surface area contributed by atoms with Crippen molar-refractivity contribution in [3.63, 3.8) is 0 Å². The molecule has 3 aromatic heterocycles. The van der Waals surface area contributed by atoms with Gasteiger partial charge >= 0.3 is 0 Å². The molecule has 8 nitrogen and oxygen atoms in total. The van der Waals surface area contributed by atoms with Crippen molar-refractivity contribution >= 4 is 23.1 Å². The summed E-state index contributed by atoms with van der Waals surface area (Å²) < 4.78 is 1.71. The number of nitrogens with two attached hydrogens (primary N) is 1. The first-order valence-corrected chi connectivity index (χ1v) is 6.27. The summed E-state index contributed by atoms with van der Waals surface area (Å²) in [5.74, 6) is 0.372. The van der Waals surface area contributed by atoms with E-state index < -0.39 is 0 Å². The van der Waals surface area contributed by atoms with Crippen LogP contribution in [0.25, 0.3) is 22.3 Å². The van der Waals surface area contributed by atoms with Crippen molar-refractivity contribution < 1.29 is 0 Å². The summed E-state index contributed by atoms with van der Waals surface area (Å²) in [6.45, 7) is 0. The molecule has 8 heteroatoms. The molecule has 3 heterocycles. The first-order chi connectivity index (χ1) is 10.2. The molecule has 21 heavy (non-hydrogen) atoms. The third kappa shape index (κ3) is 2.12. The van der Waals surface area contributed by atoms with Crippen molar-refractivity contribution in [2.75, 3.05) is 12.8 Å². The van der Waals surface area contributed by atoms with Gasteiger partial charge in [0.1, 0.15) is 5.69 Å². The molecule has 5 N–H and O–H groups in total. The molecule has 0 spiro atoms. The lowest BCUT2D eigenvalue weighted by Crippen LogP contribution is -2.03. The molecule has 0 aliphatic heterocycles. The van der Waals surface area contributed by atoms with Gasteiger partial charge in [0.2, 0.25) is 0 Å². The van der Waals surface area contributed by atoms with Crippen molar-refractivity contribution in [2.45, 2.75) is 0 Å². The molecular weight excluding hydrogens is 268 g/mol. The molecular formula is C13H14N8. The first kappa shape index (κ1) is 12.9. The second-order valence-electron chi connectivity index (χ2n) is 4.35. The van der Waals surface area contributed by atoms with Gasteiger partial charge in [-0.2, -0.15) is 10.2 Å². The zero-order valence-corrected chi connectivity index (χ0v) is 11.3. The summed E-state index contributed by atoms with van der Waals surface area (Å²) in [7, 11) is 1.77. The van der Waals surface area contributed by atoms with Crippen molar-refractivity contribution in [1.29, 1.82) is 5.41 Å². The van der Waals surface area contributed by atoms with Crippen LogP contribution in [0.3, 0.4) is 0 Å². The Bertz CT molecular complexity index is 826. The number of anilines is 1. The largest absolute Gasteiger partial charge is 0.393 e. The lowest BCUT2D eigenvalue weighted by Gasteiger charge is -2.07. The molecule has 0 saturated heterocycles. The van der Waals surface area contributed by atoms with E-state index in [0.717, 1.165) is 5.52 Å². The molecule has 0 amide bonds. The van der Waals surface area contributed by atoms with E-state index in [1.165, 1.54) is 6.21 Å². The topological polar surface area (TPSA) is 121 Å². The van der Waals surface area contributed by atoms with Gasteiger partial charge in [-0.05, 0) is 6.07 Å². The Morgan fingerprint density at radius 2 is 2.38 bits per heavy atom. The van der Waals surface area contributed by atoms with E-state index in [0.29, 0.717) is 28.3 Å². The summed E-state index contributed by atoms with van der Waals surface area (Å²) in [5, 5.41) is 21.3. The Balaban J connectivity index is 2.28. The molecule has 106 valence electrons. The minimum Gasteiger partial charge on any atom is -0.393 e. The molecule has 3 aromatic rings. The number of allylic oxidation sites excluding steroid dienone is 1. The molecule has 0 atom stereocenters. The van der Waals surface area contributed by atoms with E-state index >= 15 is 0 Å². The van der Waals surface area contributed by atoms with Crippen LogP contribution in [0.15, 0.2) is 30.9 Å². The van der Waals surface area contributed by atoms with Crippen LogP contribution in [-0.4, -0.2) is 38.1 Å². The molecule has 0 radical (unpaired) electrons. The number of nitrogens with one attached hydrogen (secondary N) is 3. The number of fused-ring (bicyclic) bond motifs is 1.